The number of benzene rings is 2. The van der Waals surface area contributed by atoms with E-state index in [1.54, 1.807) is 24.3 Å². The maximum absolute atomic E-state index is 13.1. The van der Waals surface area contributed by atoms with Crippen LogP contribution >= 0.6 is 11.3 Å². The number of hydrogen-bond acceptors (Lipinski definition) is 5. The van der Waals surface area contributed by atoms with Crippen LogP contribution in [0.1, 0.15) is 23.2 Å². The van der Waals surface area contributed by atoms with E-state index in [9.17, 15) is 14.0 Å². The van der Waals surface area contributed by atoms with Gasteiger partial charge in [-0.25, -0.2) is 9.37 Å². The monoisotopic (exact) mass is 438 g/mol. The summed E-state index contributed by atoms with van der Waals surface area (Å²) in [5, 5.41) is 8.27. The molecule has 6 nitrogen and oxygen atoms in total. The maximum atomic E-state index is 13.1. The Morgan fingerprint density at radius 3 is 2.48 bits per heavy atom. The van der Waals surface area contributed by atoms with E-state index in [1.807, 2.05) is 23.6 Å². The number of piperidine rings is 1. The number of hydrogen-bond donors (Lipinski definition) is 2. The highest BCUT2D eigenvalue weighted by Gasteiger charge is 2.22. The Hall–Kier alpha value is -3.10. The minimum Gasteiger partial charge on any atom is -0.349 e. The van der Waals surface area contributed by atoms with Crippen molar-refractivity contribution in [2.24, 2.45) is 0 Å². The van der Waals surface area contributed by atoms with E-state index in [0.29, 0.717) is 16.4 Å². The van der Waals surface area contributed by atoms with E-state index in [0.717, 1.165) is 31.5 Å². The molecule has 2 N–H and O–H groups in total. The van der Waals surface area contributed by atoms with Gasteiger partial charge >= 0.3 is 0 Å². The summed E-state index contributed by atoms with van der Waals surface area (Å²) in [4.78, 5) is 31.2. The number of amides is 2. The van der Waals surface area contributed by atoms with E-state index < -0.39 is 0 Å². The fraction of sp³-hybridized carbons (Fsp3) is 0.261. The Labute approximate surface area is 184 Å². The average Bonchev–Trinajstić information content (AvgIpc) is 3.24. The number of rotatable bonds is 6. The number of anilines is 1. The van der Waals surface area contributed by atoms with Gasteiger partial charge in [0.2, 0.25) is 5.91 Å². The molecular weight excluding hydrogens is 415 g/mol. The number of nitrogens with one attached hydrogen (secondary N) is 2. The summed E-state index contributed by atoms with van der Waals surface area (Å²) in [7, 11) is 0. The largest absolute Gasteiger partial charge is 0.349 e. The van der Waals surface area contributed by atoms with Gasteiger partial charge < -0.3 is 10.6 Å². The van der Waals surface area contributed by atoms with Crippen molar-refractivity contribution in [2.45, 2.75) is 18.9 Å². The number of aromatic nitrogens is 1. The summed E-state index contributed by atoms with van der Waals surface area (Å²) in [5.41, 5.74) is 2.17. The average molecular weight is 439 g/mol. The molecule has 3 aromatic rings. The topological polar surface area (TPSA) is 74.3 Å². The zero-order valence-corrected chi connectivity index (χ0v) is 17.7. The second-order valence-electron chi connectivity index (χ2n) is 7.48. The SMILES string of the molecule is O=C(CN1CCC(NC(=O)c2ccccc2)CC1)Nc1nc(-c2ccc(F)cc2)cs1. The lowest BCUT2D eigenvalue weighted by Gasteiger charge is -2.31. The molecule has 0 saturated carbocycles. The minimum atomic E-state index is -0.295. The summed E-state index contributed by atoms with van der Waals surface area (Å²) in [6.07, 6.45) is 1.61. The number of likely N-dealkylation sites (tertiary alicyclic amines) is 1. The van der Waals surface area contributed by atoms with Crippen LogP contribution < -0.4 is 10.6 Å². The lowest BCUT2D eigenvalue weighted by atomic mass is 10.0. The summed E-state index contributed by atoms with van der Waals surface area (Å²) < 4.78 is 13.1. The van der Waals surface area contributed by atoms with Crippen molar-refractivity contribution in [3.63, 3.8) is 0 Å². The fourth-order valence-corrected chi connectivity index (χ4v) is 4.28. The molecule has 0 atom stereocenters. The Balaban J connectivity index is 1.22. The molecule has 8 heteroatoms. The Bertz CT molecular complexity index is 1030. The van der Waals surface area contributed by atoms with Gasteiger partial charge in [0.1, 0.15) is 5.82 Å². The number of carbonyl (C=O) groups excluding carboxylic acids is 2. The van der Waals surface area contributed by atoms with Crippen LogP contribution in [0.4, 0.5) is 9.52 Å². The molecule has 160 valence electrons. The van der Waals surface area contributed by atoms with Gasteiger partial charge in [-0.1, -0.05) is 18.2 Å². The predicted molar refractivity (Wildman–Crippen MR) is 120 cm³/mol. The van der Waals surface area contributed by atoms with Gasteiger partial charge in [0.25, 0.3) is 5.91 Å². The highest BCUT2D eigenvalue weighted by atomic mass is 32.1. The van der Waals surface area contributed by atoms with Crippen molar-refractivity contribution in [1.82, 2.24) is 15.2 Å². The highest BCUT2D eigenvalue weighted by molar-refractivity contribution is 7.14. The first-order valence-corrected chi connectivity index (χ1v) is 11.0. The van der Waals surface area contributed by atoms with Gasteiger partial charge in [0, 0.05) is 35.6 Å². The summed E-state index contributed by atoms with van der Waals surface area (Å²) in [6.45, 7) is 1.77. The van der Waals surface area contributed by atoms with Gasteiger partial charge in [-0.2, -0.15) is 0 Å². The highest BCUT2D eigenvalue weighted by Crippen LogP contribution is 2.25. The summed E-state index contributed by atoms with van der Waals surface area (Å²) in [6, 6.07) is 15.4. The quantitative estimate of drug-likeness (QED) is 0.614. The van der Waals surface area contributed by atoms with Crippen LogP contribution in [0.5, 0.6) is 0 Å². The first kappa shape index (κ1) is 21.1. The molecule has 1 saturated heterocycles. The number of halogens is 1. The normalized spacial score (nSPS) is 14.9. The van der Waals surface area contributed by atoms with Crippen LogP contribution in [0.3, 0.4) is 0 Å². The molecule has 0 unspecified atom stereocenters. The zero-order valence-electron chi connectivity index (χ0n) is 16.9. The van der Waals surface area contributed by atoms with Crippen molar-refractivity contribution in [3.05, 3.63) is 71.4 Å². The minimum absolute atomic E-state index is 0.0579. The molecule has 0 radical (unpaired) electrons. The van der Waals surface area contributed by atoms with Crippen molar-refractivity contribution < 1.29 is 14.0 Å². The van der Waals surface area contributed by atoms with E-state index in [4.69, 9.17) is 0 Å². The zero-order chi connectivity index (χ0) is 21.6. The molecule has 1 aromatic heterocycles. The van der Waals surface area contributed by atoms with E-state index in [-0.39, 0.29) is 30.2 Å². The fourth-order valence-electron chi connectivity index (χ4n) is 3.54. The van der Waals surface area contributed by atoms with Crippen molar-refractivity contribution in [1.29, 1.82) is 0 Å². The lowest BCUT2D eigenvalue weighted by molar-refractivity contribution is -0.117. The van der Waals surface area contributed by atoms with Crippen molar-refractivity contribution >= 4 is 28.3 Å². The van der Waals surface area contributed by atoms with Crippen LogP contribution in [-0.2, 0) is 4.79 Å². The van der Waals surface area contributed by atoms with Gasteiger partial charge in [-0.05, 0) is 49.2 Å². The molecular formula is C23H23FN4O2S. The smallest absolute Gasteiger partial charge is 0.251 e. The molecule has 0 spiro atoms. The first-order chi connectivity index (χ1) is 15.1. The summed E-state index contributed by atoms with van der Waals surface area (Å²) in [5.74, 6) is -0.472. The second-order valence-corrected chi connectivity index (χ2v) is 8.34. The third kappa shape index (κ3) is 5.74. The van der Waals surface area contributed by atoms with Crippen LogP contribution in [0, 0.1) is 5.82 Å². The molecule has 0 aliphatic carbocycles. The van der Waals surface area contributed by atoms with Crippen LogP contribution in [0.15, 0.2) is 60.0 Å². The maximum Gasteiger partial charge on any atom is 0.251 e. The predicted octanol–water partition coefficient (Wildman–Crippen LogP) is 3.78. The van der Waals surface area contributed by atoms with E-state index >= 15 is 0 Å². The molecule has 1 aliphatic heterocycles. The van der Waals surface area contributed by atoms with E-state index in [2.05, 4.69) is 20.5 Å². The van der Waals surface area contributed by atoms with Crippen LogP contribution in [0.25, 0.3) is 11.3 Å². The molecule has 2 heterocycles. The summed E-state index contributed by atoms with van der Waals surface area (Å²) >= 11 is 1.34. The van der Waals surface area contributed by atoms with Crippen LogP contribution in [-0.4, -0.2) is 47.4 Å². The standard InChI is InChI=1S/C23H23FN4O2S/c24-18-8-6-16(7-9-18)20-15-31-23(26-20)27-21(29)14-28-12-10-19(11-13-28)25-22(30)17-4-2-1-3-5-17/h1-9,15,19H,10-14H2,(H,25,30)(H,26,27,29). The van der Waals surface area contributed by atoms with Gasteiger partial charge in [-0.15, -0.1) is 11.3 Å². The third-order valence-electron chi connectivity index (χ3n) is 5.22. The van der Waals surface area contributed by atoms with Crippen molar-refractivity contribution in [3.8, 4) is 11.3 Å². The Kier molecular flexibility index (Phi) is 6.69. The third-order valence-corrected chi connectivity index (χ3v) is 5.97. The van der Waals surface area contributed by atoms with Crippen LogP contribution in [0.2, 0.25) is 0 Å². The van der Waals surface area contributed by atoms with Gasteiger partial charge in [-0.3, -0.25) is 14.5 Å². The van der Waals surface area contributed by atoms with Gasteiger partial charge in [0.15, 0.2) is 5.13 Å². The van der Waals surface area contributed by atoms with E-state index in [1.165, 1.54) is 23.5 Å². The number of thiazole rings is 1. The molecule has 2 amide bonds. The Morgan fingerprint density at radius 1 is 1.06 bits per heavy atom. The second kappa shape index (κ2) is 9.80. The molecule has 1 fully saturated rings. The molecule has 4 rings (SSSR count). The molecule has 2 aromatic carbocycles. The lowest BCUT2D eigenvalue weighted by Crippen LogP contribution is -2.46. The van der Waals surface area contributed by atoms with Gasteiger partial charge in [0.05, 0.1) is 12.2 Å². The molecule has 1 aliphatic rings. The first-order valence-electron chi connectivity index (χ1n) is 10.2. The molecule has 0 bridgehead atoms. The molecule has 31 heavy (non-hydrogen) atoms. The number of nitrogens with zero attached hydrogens (tertiary/aromatic N) is 2. The Morgan fingerprint density at radius 2 is 1.77 bits per heavy atom. The van der Waals surface area contributed by atoms with Crippen molar-refractivity contribution in [2.75, 3.05) is 25.0 Å². The number of carbonyl (C=O) groups is 2.